The van der Waals surface area contributed by atoms with Crippen molar-refractivity contribution in [2.75, 3.05) is 24.7 Å². The van der Waals surface area contributed by atoms with E-state index in [0.717, 1.165) is 11.3 Å². The zero-order valence-corrected chi connectivity index (χ0v) is 15.6. The van der Waals surface area contributed by atoms with Gasteiger partial charge in [-0.1, -0.05) is 41.4 Å². The summed E-state index contributed by atoms with van der Waals surface area (Å²) in [6.07, 6.45) is 0. The van der Waals surface area contributed by atoms with E-state index in [1.54, 1.807) is 17.0 Å². The third kappa shape index (κ3) is 2.58. The molecule has 0 saturated carbocycles. The lowest BCUT2D eigenvalue weighted by Gasteiger charge is -2.23. The van der Waals surface area contributed by atoms with Crippen LogP contribution in [0.25, 0.3) is 0 Å². The van der Waals surface area contributed by atoms with Crippen LogP contribution in [-0.4, -0.2) is 25.7 Å². The van der Waals surface area contributed by atoms with E-state index in [4.69, 9.17) is 37.4 Å². The molecule has 2 aromatic carbocycles. The number of anilines is 1. The second-order valence-corrected chi connectivity index (χ2v) is 6.81. The highest BCUT2D eigenvalue weighted by atomic mass is 35.5. The Labute approximate surface area is 161 Å². The first-order chi connectivity index (χ1) is 12.6. The largest absolute Gasteiger partial charge is 0.494 e. The van der Waals surface area contributed by atoms with E-state index in [2.05, 4.69) is 0 Å². The minimum absolute atomic E-state index is 0.274. The summed E-state index contributed by atoms with van der Waals surface area (Å²) in [5.41, 5.74) is 1.86. The van der Waals surface area contributed by atoms with Gasteiger partial charge in [-0.3, -0.25) is 4.79 Å². The molecular formula is C19H17Cl2NO4. The molecule has 1 amide bonds. The highest BCUT2D eigenvalue weighted by molar-refractivity contribution is 6.38. The maximum Gasteiger partial charge on any atom is 0.292 e. The minimum atomic E-state index is -1.52. The molecule has 26 heavy (non-hydrogen) atoms. The fraction of sp³-hybridized carbons (Fsp3) is 0.316. The van der Waals surface area contributed by atoms with Crippen molar-refractivity contribution in [3.05, 3.63) is 57.6 Å². The van der Waals surface area contributed by atoms with Crippen LogP contribution in [0.5, 0.6) is 5.75 Å². The Morgan fingerprint density at radius 3 is 2.54 bits per heavy atom. The van der Waals surface area contributed by atoms with Gasteiger partial charge in [-0.15, -0.1) is 0 Å². The standard InChI is InChI=1S/C19H17Cl2NO4/c1-2-24-15-6-4-3-5-12(15)11-22-17-14(21)8-7-13(20)16(17)19(18(22)23)25-9-10-26-19/h3-8H,2,9-11H2,1H3. The number of halogens is 2. The molecular weight excluding hydrogens is 377 g/mol. The molecule has 0 bridgehead atoms. The van der Waals surface area contributed by atoms with Crippen LogP contribution < -0.4 is 9.64 Å². The summed E-state index contributed by atoms with van der Waals surface area (Å²) >= 11 is 12.8. The number of benzene rings is 2. The van der Waals surface area contributed by atoms with E-state index in [0.29, 0.717) is 41.1 Å². The van der Waals surface area contributed by atoms with Gasteiger partial charge < -0.3 is 19.1 Å². The van der Waals surface area contributed by atoms with Gasteiger partial charge in [0.25, 0.3) is 11.7 Å². The summed E-state index contributed by atoms with van der Waals surface area (Å²) in [5, 5.41) is 0.808. The van der Waals surface area contributed by atoms with Crippen molar-refractivity contribution in [2.45, 2.75) is 19.3 Å². The number of ether oxygens (including phenoxy) is 3. The van der Waals surface area contributed by atoms with E-state index in [-0.39, 0.29) is 12.5 Å². The molecule has 0 radical (unpaired) electrons. The molecule has 1 fully saturated rings. The third-order valence-electron chi connectivity index (χ3n) is 4.50. The maximum atomic E-state index is 13.3. The Morgan fingerprint density at radius 2 is 1.81 bits per heavy atom. The highest BCUT2D eigenvalue weighted by Crippen LogP contribution is 2.52. The monoisotopic (exact) mass is 393 g/mol. The average Bonchev–Trinajstić information content (AvgIpc) is 3.21. The minimum Gasteiger partial charge on any atom is -0.494 e. The molecule has 2 aromatic rings. The van der Waals surface area contributed by atoms with Crippen molar-refractivity contribution < 1.29 is 19.0 Å². The molecule has 0 unspecified atom stereocenters. The summed E-state index contributed by atoms with van der Waals surface area (Å²) in [6, 6.07) is 10.9. The van der Waals surface area contributed by atoms with Gasteiger partial charge in [-0.2, -0.15) is 0 Å². The number of hydrogen-bond donors (Lipinski definition) is 0. The number of fused-ring (bicyclic) bond motifs is 2. The fourth-order valence-electron chi connectivity index (χ4n) is 3.44. The van der Waals surface area contributed by atoms with Crippen LogP contribution >= 0.6 is 23.2 Å². The Kier molecular flexibility index (Phi) is 4.57. The zero-order valence-electron chi connectivity index (χ0n) is 14.1. The molecule has 2 heterocycles. The van der Waals surface area contributed by atoms with Crippen molar-refractivity contribution in [3.63, 3.8) is 0 Å². The van der Waals surface area contributed by atoms with Gasteiger partial charge in [0, 0.05) is 5.56 Å². The zero-order chi connectivity index (χ0) is 18.3. The topological polar surface area (TPSA) is 48.0 Å². The molecule has 0 atom stereocenters. The SMILES string of the molecule is CCOc1ccccc1CN1C(=O)C2(OCCO2)c2c(Cl)ccc(Cl)c21. The van der Waals surface area contributed by atoms with E-state index in [1.165, 1.54) is 0 Å². The second-order valence-electron chi connectivity index (χ2n) is 6.00. The molecule has 4 rings (SSSR count). The molecule has 2 aliphatic rings. The normalized spacial score (nSPS) is 17.8. The van der Waals surface area contributed by atoms with Crippen LogP contribution in [0, 0.1) is 0 Å². The van der Waals surface area contributed by atoms with Crippen LogP contribution in [0.1, 0.15) is 18.1 Å². The average molecular weight is 394 g/mol. The van der Waals surface area contributed by atoms with Gasteiger partial charge in [0.2, 0.25) is 0 Å². The number of carbonyl (C=O) groups is 1. The first kappa shape index (κ1) is 17.6. The van der Waals surface area contributed by atoms with E-state index >= 15 is 0 Å². The molecule has 2 aliphatic heterocycles. The summed E-state index contributed by atoms with van der Waals surface area (Å²) in [5.74, 6) is -1.12. The van der Waals surface area contributed by atoms with Crippen LogP contribution in [0.3, 0.4) is 0 Å². The van der Waals surface area contributed by atoms with Crippen molar-refractivity contribution in [3.8, 4) is 5.75 Å². The molecule has 7 heteroatoms. The van der Waals surface area contributed by atoms with Gasteiger partial charge in [0.05, 0.1) is 47.7 Å². The molecule has 0 aromatic heterocycles. The molecule has 1 spiro atoms. The molecule has 1 saturated heterocycles. The number of carbonyl (C=O) groups excluding carboxylic acids is 1. The number of nitrogens with zero attached hydrogens (tertiary/aromatic N) is 1. The van der Waals surface area contributed by atoms with Crippen LogP contribution in [0.15, 0.2) is 36.4 Å². The van der Waals surface area contributed by atoms with Gasteiger partial charge in [-0.05, 0) is 25.1 Å². The lowest BCUT2D eigenvalue weighted by Crippen LogP contribution is -2.41. The van der Waals surface area contributed by atoms with Crippen LogP contribution in [-0.2, 0) is 26.6 Å². The third-order valence-corrected chi connectivity index (χ3v) is 5.12. The molecule has 5 nitrogen and oxygen atoms in total. The number of amides is 1. The Balaban J connectivity index is 1.82. The van der Waals surface area contributed by atoms with Crippen molar-refractivity contribution in [1.82, 2.24) is 0 Å². The number of para-hydroxylation sites is 1. The molecule has 0 N–H and O–H groups in total. The van der Waals surface area contributed by atoms with Crippen LogP contribution in [0.2, 0.25) is 10.0 Å². The lowest BCUT2D eigenvalue weighted by molar-refractivity contribution is -0.180. The smallest absolute Gasteiger partial charge is 0.292 e. The van der Waals surface area contributed by atoms with Crippen LogP contribution in [0.4, 0.5) is 5.69 Å². The Morgan fingerprint density at radius 1 is 1.12 bits per heavy atom. The predicted molar refractivity (Wildman–Crippen MR) is 98.8 cm³/mol. The maximum absolute atomic E-state index is 13.3. The summed E-state index contributed by atoms with van der Waals surface area (Å²) in [7, 11) is 0. The van der Waals surface area contributed by atoms with E-state index in [9.17, 15) is 4.79 Å². The van der Waals surface area contributed by atoms with Crippen molar-refractivity contribution in [2.24, 2.45) is 0 Å². The summed E-state index contributed by atoms with van der Waals surface area (Å²) in [4.78, 5) is 14.8. The van der Waals surface area contributed by atoms with E-state index < -0.39 is 5.79 Å². The summed E-state index contributed by atoms with van der Waals surface area (Å²) in [6.45, 7) is 3.36. The first-order valence-electron chi connectivity index (χ1n) is 8.37. The highest BCUT2D eigenvalue weighted by Gasteiger charge is 2.58. The van der Waals surface area contributed by atoms with E-state index in [1.807, 2.05) is 31.2 Å². The van der Waals surface area contributed by atoms with Gasteiger partial charge >= 0.3 is 0 Å². The molecule has 136 valence electrons. The van der Waals surface area contributed by atoms with Gasteiger partial charge in [0.15, 0.2) is 0 Å². The Hall–Kier alpha value is -1.79. The number of rotatable bonds is 4. The molecule has 0 aliphatic carbocycles. The van der Waals surface area contributed by atoms with Crippen molar-refractivity contribution in [1.29, 1.82) is 0 Å². The van der Waals surface area contributed by atoms with Gasteiger partial charge in [0.1, 0.15) is 5.75 Å². The predicted octanol–water partition coefficient (Wildman–Crippen LogP) is 4.14. The first-order valence-corrected chi connectivity index (χ1v) is 9.13. The van der Waals surface area contributed by atoms with Gasteiger partial charge in [-0.25, -0.2) is 0 Å². The fourth-order valence-corrected chi connectivity index (χ4v) is 3.97. The van der Waals surface area contributed by atoms with Crippen molar-refractivity contribution >= 4 is 34.8 Å². The second kappa shape index (κ2) is 6.74. The lowest BCUT2D eigenvalue weighted by atomic mass is 10.1. The number of hydrogen-bond acceptors (Lipinski definition) is 4. The quantitative estimate of drug-likeness (QED) is 0.782. The Bertz CT molecular complexity index is 865. The summed E-state index contributed by atoms with van der Waals surface area (Å²) < 4.78 is 17.1.